The molecule has 78 valence electrons. The van der Waals surface area contributed by atoms with Crippen LogP contribution in [0.4, 0.5) is 0 Å². The van der Waals surface area contributed by atoms with Crippen LogP contribution in [-0.4, -0.2) is 21.9 Å². The van der Waals surface area contributed by atoms with E-state index in [2.05, 4.69) is 15.3 Å². The van der Waals surface area contributed by atoms with Crippen LogP contribution in [-0.2, 0) is 4.79 Å². The molecule has 0 aliphatic rings. The highest BCUT2D eigenvalue weighted by atomic mass is 16.1. The Hall–Kier alpha value is -1.96. The lowest BCUT2D eigenvalue weighted by Crippen LogP contribution is -2.34. The Morgan fingerprint density at radius 2 is 2.27 bits per heavy atom. The van der Waals surface area contributed by atoms with Gasteiger partial charge in [0.25, 0.3) is 0 Å². The zero-order chi connectivity index (χ0) is 11.3. The van der Waals surface area contributed by atoms with E-state index in [9.17, 15) is 4.79 Å². The highest BCUT2D eigenvalue weighted by Gasteiger charge is 2.21. The maximum atomic E-state index is 11.6. The number of nitriles is 1. The fraction of sp³-hybridized carbons (Fsp3) is 0.400. The first-order chi connectivity index (χ1) is 7.15. The first-order valence-electron chi connectivity index (χ1n) is 4.61. The van der Waals surface area contributed by atoms with E-state index in [-0.39, 0.29) is 11.9 Å². The van der Waals surface area contributed by atoms with Crippen molar-refractivity contribution in [1.29, 1.82) is 5.26 Å². The zero-order valence-corrected chi connectivity index (χ0v) is 8.64. The number of amides is 1. The van der Waals surface area contributed by atoms with E-state index in [4.69, 9.17) is 5.26 Å². The maximum absolute atomic E-state index is 11.6. The SMILES string of the molecule is CC(C)NC(=O)C(C#N)c1cnccn1. The van der Waals surface area contributed by atoms with Gasteiger partial charge in [-0.3, -0.25) is 14.8 Å². The summed E-state index contributed by atoms with van der Waals surface area (Å²) in [5.41, 5.74) is 0.373. The molecule has 0 saturated carbocycles. The fourth-order valence-electron chi connectivity index (χ4n) is 1.09. The molecule has 1 amide bonds. The average molecular weight is 204 g/mol. The van der Waals surface area contributed by atoms with Crippen LogP contribution >= 0.6 is 0 Å². The summed E-state index contributed by atoms with van der Waals surface area (Å²) in [7, 11) is 0. The number of rotatable bonds is 3. The molecule has 1 heterocycles. The Labute approximate surface area is 88.2 Å². The van der Waals surface area contributed by atoms with Gasteiger partial charge in [-0.2, -0.15) is 5.26 Å². The minimum absolute atomic E-state index is 0.00465. The van der Waals surface area contributed by atoms with Crippen molar-refractivity contribution >= 4 is 5.91 Å². The predicted molar refractivity (Wildman–Crippen MR) is 53.7 cm³/mol. The maximum Gasteiger partial charge on any atom is 0.243 e. The number of hydrogen-bond donors (Lipinski definition) is 1. The van der Waals surface area contributed by atoms with Crippen molar-refractivity contribution in [2.24, 2.45) is 0 Å². The molecule has 0 aliphatic carbocycles. The summed E-state index contributed by atoms with van der Waals surface area (Å²) in [4.78, 5) is 19.3. The van der Waals surface area contributed by atoms with Crippen molar-refractivity contribution < 1.29 is 4.79 Å². The van der Waals surface area contributed by atoms with Crippen LogP contribution in [0.15, 0.2) is 18.6 Å². The molecule has 15 heavy (non-hydrogen) atoms. The number of carbonyl (C=O) groups is 1. The van der Waals surface area contributed by atoms with Crippen LogP contribution in [0.25, 0.3) is 0 Å². The van der Waals surface area contributed by atoms with Gasteiger partial charge in [0.05, 0.1) is 18.0 Å². The quantitative estimate of drug-likeness (QED) is 0.782. The van der Waals surface area contributed by atoms with E-state index in [0.717, 1.165) is 0 Å². The molecule has 0 spiro atoms. The largest absolute Gasteiger partial charge is 0.352 e. The van der Waals surface area contributed by atoms with Crippen molar-refractivity contribution in [3.63, 3.8) is 0 Å². The number of nitrogens with one attached hydrogen (secondary N) is 1. The number of nitrogens with zero attached hydrogens (tertiary/aromatic N) is 3. The third-order valence-corrected chi connectivity index (χ3v) is 1.70. The molecule has 1 N–H and O–H groups in total. The summed E-state index contributed by atoms with van der Waals surface area (Å²) in [5.74, 6) is -1.23. The van der Waals surface area contributed by atoms with Crippen LogP contribution in [0.2, 0.25) is 0 Å². The number of carbonyl (C=O) groups excluding carboxylic acids is 1. The van der Waals surface area contributed by atoms with Gasteiger partial charge in [0.15, 0.2) is 5.92 Å². The van der Waals surface area contributed by atoms with Crippen molar-refractivity contribution in [3.8, 4) is 6.07 Å². The van der Waals surface area contributed by atoms with Gasteiger partial charge in [0.1, 0.15) is 0 Å². The first-order valence-corrected chi connectivity index (χ1v) is 4.61. The van der Waals surface area contributed by atoms with E-state index in [1.807, 2.05) is 19.9 Å². The number of hydrogen-bond acceptors (Lipinski definition) is 4. The van der Waals surface area contributed by atoms with Crippen molar-refractivity contribution in [1.82, 2.24) is 15.3 Å². The summed E-state index contributed by atoms with van der Waals surface area (Å²) in [6, 6.07) is 1.91. The lowest BCUT2D eigenvalue weighted by molar-refractivity contribution is -0.121. The van der Waals surface area contributed by atoms with Crippen LogP contribution in [0.1, 0.15) is 25.5 Å². The molecule has 5 heteroatoms. The standard InChI is InChI=1S/C10H12N4O/c1-7(2)14-10(15)8(5-11)9-6-12-3-4-13-9/h3-4,6-8H,1-2H3,(H,14,15). The first kappa shape index (κ1) is 11.1. The second-order valence-corrected chi connectivity index (χ2v) is 3.36. The van der Waals surface area contributed by atoms with Crippen molar-refractivity contribution in [2.75, 3.05) is 0 Å². The normalized spacial score (nSPS) is 11.9. The molecule has 5 nitrogen and oxygen atoms in total. The van der Waals surface area contributed by atoms with Gasteiger partial charge in [-0.15, -0.1) is 0 Å². The summed E-state index contributed by atoms with van der Waals surface area (Å²) < 4.78 is 0. The van der Waals surface area contributed by atoms with Gasteiger partial charge >= 0.3 is 0 Å². The van der Waals surface area contributed by atoms with Gasteiger partial charge < -0.3 is 5.32 Å². The minimum atomic E-state index is -0.888. The molecule has 1 aromatic heterocycles. The molecule has 0 saturated heterocycles. The molecule has 0 aromatic carbocycles. The molecule has 0 bridgehead atoms. The van der Waals surface area contributed by atoms with E-state index >= 15 is 0 Å². The second kappa shape index (κ2) is 5.05. The van der Waals surface area contributed by atoms with Crippen molar-refractivity contribution in [3.05, 3.63) is 24.3 Å². The highest BCUT2D eigenvalue weighted by molar-refractivity contribution is 5.85. The molecule has 0 fully saturated rings. The zero-order valence-electron chi connectivity index (χ0n) is 8.64. The van der Waals surface area contributed by atoms with E-state index in [1.54, 1.807) is 0 Å². The second-order valence-electron chi connectivity index (χ2n) is 3.36. The third-order valence-electron chi connectivity index (χ3n) is 1.70. The summed E-state index contributed by atoms with van der Waals surface area (Å²) >= 11 is 0. The van der Waals surface area contributed by atoms with Gasteiger partial charge in [-0.1, -0.05) is 0 Å². The minimum Gasteiger partial charge on any atom is -0.352 e. The smallest absolute Gasteiger partial charge is 0.243 e. The van der Waals surface area contributed by atoms with Crippen LogP contribution in [0, 0.1) is 11.3 Å². The van der Waals surface area contributed by atoms with Crippen molar-refractivity contribution in [2.45, 2.75) is 25.8 Å². The van der Waals surface area contributed by atoms with Crippen LogP contribution in [0.3, 0.4) is 0 Å². The Balaban J connectivity index is 2.82. The monoisotopic (exact) mass is 204 g/mol. The predicted octanol–water partition coefficient (Wildman–Crippen LogP) is 0.608. The van der Waals surface area contributed by atoms with Gasteiger partial charge in [-0.25, -0.2) is 0 Å². The van der Waals surface area contributed by atoms with E-state index < -0.39 is 5.92 Å². The lowest BCUT2D eigenvalue weighted by Gasteiger charge is -2.11. The Kier molecular flexibility index (Phi) is 3.75. The third kappa shape index (κ3) is 3.02. The van der Waals surface area contributed by atoms with E-state index in [1.165, 1.54) is 18.6 Å². The van der Waals surface area contributed by atoms with Crippen LogP contribution in [0.5, 0.6) is 0 Å². The molecule has 1 rings (SSSR count). The molecule has 0 radical (unpaired) electrons. The molecule has 1 unspecified atom stereocenters. The lowest BCUT2D eigenvalue weighted by atomic mass is 10.1. The fourth-order valence-corrected chi connectivity index (χ4v) is 1.09. The molecular formula is C10H12N4O. The average Bonchev–Trinajstić information content (AvgIpc) is 2.19. The topological polar surface area (TPSA) is 78.7 Å². The summed E-state index contributed by atoms with van der Waals surface area (Å²) in [6.07, 6.45) is 4.38. The Morgan fingerprint density at radius 1 is 1.53 bits per heavy atom. The van der Waals surface area contributed by atoms with Crippen LogP contribution < -0.4 is 5.32 Å². The number of aromatic nitrogens is 2. The Bertz CT molecular complexity index is 369. The van der Waals surface area contributed by atoms with E-state index in [0.29, 0.717) is 5.69 Å². The van der Waals surface area contributed by atoms with Gasteiger partial charge in [0, 0.05) is 18.4 Å². The molecule has 0 aliphatic heterocycles. The summed E-state index contributed by atoms with van der Waals surface area (Å²) in [5, 5.41) is 11.5. The van der Waals surface area contributed by atoms with Gasteiger partial charge in [-0.05, 0) is 13.8 Å². The molecule has 1 aromatic rings. The highest BCUT2D eigenvalue weighted by Crippen LogP contribution is 2.10. The summed E-state index contributed by atoms with van der Waals surface area (Å²) in [6.45, 7) is 3.67. The molecule has 1 atom stereocenters. The van der Waals surface area contributed by atoms with Gasteiger partial charge in [0.2, 0.25) is 5.91 Å². The Morgan fingerprint density at radius 3 is 2.73 bits per heavy atom. The molecular weight excluding hydrogens is 192 g/mol.